The van der Waals surface area contributed by atoms with Crippen LogP contribution in [0.4, 0.5) is 5.69 Å². The van der Waals surface area contributed by atoms with Gasteiger partial charge in [0.2, 0.25) is 0 Å². The van der Waals surface area contributed by atoms with Gasteiger partial charge in [-0.15, -0.1) is 0 Å². The molecule has 0 aliphatic carbocycles. The first-order valence-corrected chi connectivity index (χ1v) is 6.54. The lowest BCUT2D eigenvalue weighted by atomic mass is 10.1. The second kappa shape index (κ2) is 6.60. The standard InChI is InChI=1S/C14H25N3/c1-5-11(3)10-17(6-2)13-7-8-14(12(4)15)16-9-13/h7-9,11-12H,5-6,10,15H2,1-4H3. The van der Waals surface area contributed by atoms with Gasteiger partial charge in [-0.3, -0.25) is 4.98 Å². The highest BCUT2D eigenvalue weighted by atomic mass is 15.1. The first-order chi connectivity index (χ1) is 8.08. The zero-order valence-corrected chi connectivity index (χ0v) is 11.5. The lowest BCUT2D eigenvalue weighted by Gasteiger charge is -2.26. The Hall–Kier alpha value is -1.09. The van der Waals surface area contributed by atoms with Crippen LogP contribution in [0.5, 0.6) is 0 Å². The van der Waals surface area contributed by atoms with Gasteiger partial charge in [-0.05, 0) is 31.9 Å². The van der Waals surface area contributed by atoms with Gasteiger partial charge in [0.25, 0.3) is 0 Å². The summed E-state index contributed by atoms with van der Waals surface area (Å²) in [6, 6.07) is 4.16. The average Bonchev–Trinajstić information content (AvgIpc) is 2.35. The van der Waals surface area contributed by atoms with Gasteiger partial charge in [0.05, 0.1) is 17.6 Å². The molecule has 17 heavy (non-hydrogen) atoms. The molecule has 0 saturated carbocycles. The van der Waals surface area contributed by atoms with E-state index in [0.29, 0.717) is 5.92 Å². The van der Waals surface area contributed by atoms with Gasteiger partial charge < -0.3 is 10.6 Å². The van der Waals surface area contributed by atoms with Crippen LogP contribution >= 0.6 is 0 Å². The Morgan fingerprint density at radius 1 is 1.29 bits per heavy atom. The summed E-state index contributed by atoms with van der Waals surface area (Å²) in [5.74, 6) is 0.711. The monoisotopic (exact) mass is 235 g/mol. The Kier molecular flexibility index (Phi) is 5.42. The van der Waals surface area contributed by atoms with Crippen LogP contribution in [0.2, 0.25) is 0 Å². The Morgan fingerprint density at radius 3 is 2.41 bits per heavy atom. The molecule has 96 valence electrons. The minimum atomic E-state index is 0.00805. The molecule has 0 aliphatic rings. The molecule has 0 amide bonds. The summed E-state index contributed by atoms with van der Waals surface area (Å²) in [4.78, 5) is 6.78. The molecule has 2 unspecified atom stereocenters. The molecular weight excluding hydrogens is 210 g/mol. The van der Waals surface area contributed by atoms with Crippen molar-refractivity contribution in [2.75, 3.05) is 18.0 Å². The van der Waals surface area contributed by atoms with Crippen LogP contribution in [-0.2, 0) is 0 Å². The van der Waals surface area contributed by atoms with E-state index in [1.54, 1.807) is 0 Å². The molecule has 0 aliphatic heterocycles. The lowest BCUT2D eigenvalue weighted by molar-refractivity contribution is 0.547. The normalized spacial score (nSPS) is 14.4. The lowest BCUT2D eigenvalue weighted by Crippen LogP contribution is -2.28. The smallest absolute Gasteiger partial charge is 0.0569 e. The Bertz CT molecular complexity index is 319. The molecule has 1 heterocycles. The van der Waals surface area contributed by atoms with Crippen LogP contribution in [0, 0.1) is 5.92 Å². The van der Waals surface area contributed by atoms with E-state index < -0.39 is 0 Å². The molecule has 2 N–H and O–H groups in total. The number of hydrogen-bond acceptors (Lipinski definition) is 3. The molecule has 0 spiro atoms. The second-order valence-electron chi connectivity index (χ2n) is 4.78. The third-order valence-electron chi connectivity index (χ3n) is 3.21. The third-order valence-corrected chi connectivity index (χ3v) is 3.21. The van der Waals surface area contributed by atoms with Gasteiger partial charge in [-0.25, -0.2) is 0 Å². The molecule has 2 atom stereocenters. The number of nitrogens with zero attached hydrogens (tertiary/aromatic N) is 2. The fourth-order valence-electron chi connectivity index (χ4n) is 1.78. The fourth-order valence-corrected chi connectivity index (χ4v) is 1.78. The number of anilines is 1. The minimum Gasteiger partial charge on any atom is -0.370 e. The van der Waals surface area contributed by atoms with Crippen molar-refractivity contribution in [3.05, 3.63) is 24.0 Å². The SMILES string of the molecule is CCC(C)CN(CC)c1ccc(C(C)N)nc1. The maximum absolute atomic E-state index is 5.80. The van der Waals surface area contributed by atoms with Crippen LogP contribution in [0.25, 0.3) is 0 Å². The summed E-state index contributed by atoms with van der Waals surface area (Å²) in [6.45, 7) is 10.8. The van der Waals surface area contributed by atoms with E-state index in [-0.39, 0.29) is 6.04 Å². The van der Waals surface area contributed by atoms with Gasteiger partial charge in [0.1, 0.15) is 0 Å². The topological polar surface area (TPSA) is 42.1 Å². The van der Waals surface area contributed by atoms with Crippen LogP contribution in [0.1, 0.15) is 45.9 Å². The van der Waals surface area contributed by atoms with Crippen LogP contribution < -0.4 is 10.6 Å². The van der Waals surface area contributed by atoms with Crippen molar-refractivity contribution in [3.63, 3.8) is 0 Å². The van der Waals surface area contributed by atoms with Crippen molar-refractivity contribution >= 4 is 5.69 Å². The molecule has 0 aromatic carbocycles. The summed E-state index contributed by atoms with van der Waals surface area (Å²) in [5, 5.41) is 0. The minimum absolute atomic E-state index is 0.00805. The first kappa shape index (κ1) is 14.0. The molecule has 0 saturated heterocycles. The van der Waals surface area contributed by atoms with E-state index in [2.05, 4.69) is 36.7 Å². The molecular formula is C14H25N3. The number of hydrogen-bond donors (Lipinski definition) is 1. The van der Waals surface area contributed by atoms with Gasteiger partial charge in [-0.2, -0.15) is 0 Å². The van der Waals surface area contributed by atoms with Gasteiger partial charge in [0, 0.05) is 19.1 Å². The maximum Gasteiger partial charge on any atom is 0.0569 e. The van der Waals surface area contributed by atoms with Crippen molar-refractivity contribution in [1.29, 1.82) is 0 Å². The van der Waals surface area contributed by atoms with E-state index in [0.717, 1.165) is 18.8 Å². The predicted molar refractivity (Wildman–Crippen MR) is 74.2 cm³/mol. The summed E-state index contributed by atoms with van der Waals surface area (Å²) in [6.07, 6.45) is 3.15. The molecule has 0 fully saturated rings. The number of rotatable bonds is 6. The molecule has 1 rings (SSSR count). The quantitative estimate of drug-likeness (QED) is 0.824. The maximum atomic E-state index is 5.80. The molecule has 1 aromatic rings. The molecule has 0 radical (unpaired) electrons. The average molecular weight is 235 g/mol. The van der Waals surface area contributed by atoms with E-state index in [9.17, 15) is 0 Å². The van der Waals surface area contributed by atoms with E-state index in [1.807, 2.05) is 19.2 Å². The zero-order valence-electron chi connectivity index (χ0n) is 11.5. The fraction of sp³-hybridized carbons (Fsp3) is 0.643. The second-order valence-corrected chi connectivity index (χ2v) is 4.78. The van der Waals surface area contributed by atoms with Crippen LogP contribution in [-0.4, -0.2) is 18.1 Å². The number of pyridine rings is 1. The van der Waals surface area contributed by atoms with Gasteiger partial charge >= 0.3 is 0 Å². The van der Waals surface area contributed by atoms with Gasteiger partial charge in [-0.1, -0.05) is 20.3 Å². The largest absolute Gasteiger partial charge is 0.370 e. The molecule has 3 nitrogen and oxygen atoms in total. The highest BCUT2D eigenvalue weighted by Gasteiger charge is 2.09. The van der Waals surface area contributed by atoms with Crippen molar-refractivity contribution in [3.8, 4) is 0 Å². The van der Waals surface area contributed by atoms with Crippen LogP contribution in [0.15, 0.2) is 18.3 Å². The van der Waals surface area contributed by atoms with E-state index in [4.69, 9.17) is 5.73 Å². The number of nitrogens with two attached hydrogens (primary N) is 1. The summed E-state index contributed by atoms with van der Waals surface area (Å²) in [7, 11) is 0. The molecule has 0 bridgehead atoms. The third kappa shape index (κ3) is 4.00. The zero-order chi connectivity index (χ0) is 12.8. The van der Waals surface area contributed by atoms with E-state index in [1.165, 1.54) is 12.1 Å². The highest BCUT2D eigenvalue weighted by molar-refractivity contribution is 5.44. The highest BCUT2D eigenvalue weighted by Crippen LogP contribution is 2.17. The van der Waals surface area contributed by atoms with Crippen molar-refractivity contribution in [2.45, 2.75) is 40.2 Å². The Balaban J connectivity index is 2.75. The first-order valence-electron chi connectivity index (χ1n) is 6.54. The van der Waals surface area contributed by atoms with Crippen molar-refractivity contribution in [2.24, 2.45) is 11.7 Å². The Morgan fingerprint density at radius 2 is 2.00 bits per heavy atom. The van der Waals surface area contributed by atoms with Crippen LogP contribution in [0.3, 0.4) is 0 Å². The van der Waals surface area contributed by atoms with Crippen molar-refractivity contribution in [1.82, 2.24) is 4.98 Å². The predicted octanol–water partition coefficient (Wildman–Crippen LogP) is 2.97. The van der Waals surface area contributed by atoms with Gasteiger partial charge in [0.15, 0.2) is 0 Å². The van der Waals surface area contributed by atoms with Crippen molar-refractivity contribution < 1.29 is 0 Å². The summed E-state index contributed by atoms with van der Waals surface area (Å²) >= 11 is 0. The summed E-state index contributed by atoms with van der Waals surface area (Å²) in [5.41, 5.74) is 7.94. The van der Waals surface area contributed by atoms with E-state index >= 15 is 0 Å². The molecule has 1 aromatic heterocycles. The number of aromatic nitrogens is 1. The molecule has 3 heteroatoms. The summed E-state index contributed by atoms with van der Waals surface area (Å²) < 4.78 is 0. The Labute approximate surface area is 105 Å².